The van der Waals surface area contributed by atoms with Gasteiger partial charge in [-0.05, 0) is 77.0 Å². The van der Waals surface area contributed by atoms with E-state index < -0.39 is 0 Å². The number of rotatable bonds is 38. The summed E-state index contributed by atoms with van der Waals surface area (Å²) in [6.07, 6.45) is 29.6. The van der Waals surface area contributed by atoms with Crippen molar-refractivity contribution in [3.63, 3.8) is 0 Å². The molecule has 0 amide bonds. The second-order valence-corrected chi connectivity index (χ2v) is 13.9. The van der Waals surface area contributed by atoms with E-state index >= 15 is 0 Å². The molecule has 2 N–H and O–H groups in total. The number of carbonyl (C=O) groups excluding carboxylic acids is 2. The van der Waals surface area contributed by atoms with Gasteiger partial charge < -0.3 is 24.8 Å². The molecule has 0 aliphatic carbocycles. The molecule has 0 spiro atoms. The molecule has 280 valence electrons. The van der Waals surface area contributed by atoms with Gasteiger partial charge in [0.25, 0.3) is 0 Å². The van der Waals surface area contributed by atoms with E-state index in [0.717, 1.165) is 77.5 Å². The van der Waals surface area contributed by atoms with Crippen molar-refractivity contribution < 1.29 is 24.2 Å². The minimum atomic E-state index is -0.0910. The molecule has 7 nitrogen and oxygen atoms in total. The van der Waals surface area contributed by atoms with Crippen molar-refractivity contribution in [2.24, 2.45) is 5.92 Å². The molecule has 0 aromatic carbocycles. The van der Waals surface area contributed by atoms with Crippen molar-refractivity contribution in [2.75, 3.05) is 52.5 Å². The molecule has 0 aliphatic heterocycles. The van der Waals surface area contributed by atoms with Crippen LogP contribution in [0, 0.1) is 5.92 Å². The van der Waals surface area contributed by atoms with Gasteiger partial charge in [-0.15, -0.1) is 0 Å². The highest BCUT2D eigenvalue weighted by atomic mass is 16.5. The summed E-state index contributed by atoms with van der Waals surface area (Å²) in [4.78, 5) is 26.8. The average Bonchev–Trinajstić information content (AvgIpc) is 3.06. The lowest BCUT2D eigenvalue weighted by molar-refractivity contribution is -0.145. The standard InChI is InChI=1S/C40H80N2O5/c1-4-7-10-13-14-15-17-22-35-46-39(44)28-24-31-42(33-34-43)32-25-30-41-29-21-16-18-23-36-47-40(45)37-38(26-19-11-8-5-2)27-20-12-9-6-3/h38,41,43H,4-37H2,1-3H3. The number of aliphatic hydroxyl groups is 1. The van der Waals surface area contributed by atoms with Crippen LogP contribution in [-0.4, -0.2) is 74.5 Å². The van der Waals surface area contributed by atoms with Gasteiger partial charge >= 0.3 is 11.9 Å². The molecular weight excluding hydrogens is 588 g/mol. The van der Waals surface area contributed by atoms with E-state index in [-0.39, 0.29) is 18.5 Å². The van der Waals surface area contributed by atoms with E-state index in [1.165, 1.54) is 103 Å². The third-order valence-electron chi connectivity index (χ3n) is 9.26. The summed E-state index contributed by atoms with van der Waals surface area (Å²) in [5.41, 5.74) is 0. The van der Waals surface area contributed by atoms with Crippen molar-refractivity contribution >= 4 is 11.9 Å². The third kappa shape index (κ3) is 34.5. The van der Waals surface area contributed by atoms with Gasteiger partial charge in [-0.2, -0.15) is 0 Å². The van der Waals surface area contributed by atoms with Crippen LogP contribution in [0.2, 0.25) is 0 Å². The zero-order valence-corrected chi connectivity index (χ0v) is 31.6. The number of hydrogen-bond donors (Lipinski definition) is 2. The molecule has 0 aromatic rings. The summed E-state index contributed by atoms with van der Waals surface area (Å²) in [6.45, 7) is 12.3. The van der Waals surface area contributed by atoms with Crippen LogP contribution in [0.25, 0.3) is 0 Å². The minimum Gasteiger partial charge on any atom is -0.466 e. The lowest BCUT2D eigenvalue weighted by Crippen LogP contribution is -2.31. The molecule has 47 heavy (non-hydrogen) atoms. The number of carbonyl (C=O) groups is 2. The zero-order chi connectivity index (χ0) is 34.5. The molecule has 0 bridgehead atoms. The fourth-order valence-electron chi connectivity index (χ4n) is 6.22. The van der Waals surface area contributed by atoms with Crippen LogP contribution in [0.5, 0.6) is 0 Å². The largest absolute Gasteiger partial charge is 0.466 e. The summed E-state index contributed by atoms with van der Waals surface area (Å²) >= 11 is 0. The molecule has 0 unspecified atom stereocenters. The molecule has 0 heterocycles. The highest BCUT2D eigenvalue weighted by molar-refractivity contribution is 5.69. The Morgan fingerprint density at radius 3 is 1.60 bits per heavy atom. The van der Waals surface area contributed by atoms with E-state index in [1.807, 2.05) is 0 Å². The number of unbranched alkanes of at least 4 members (excludes halogenated alkanes) is 16. The maximum atomic E-state index is 12.5. The lowest BCUT2D eigenvalue weighted by atomic mass is 9.92. The number of esters is 2. The van der Waals surface area contributed by atoms with Gasteiger partial charge in [-0.25, -0.2) is 0 Å². The molecule has 0 aromatic heterocycles. The first kappa shape index (κ1) is 45.8. The quantitative estimate of drug-likeness (QED) is 0.0500. The lowest BCUT2D eigenvalue weighted by Gasteiger charge is -2.21. The minimum absolute atomic E-state index is 0.00640. The van der Waals surface area contributed by atoms with Crippen LogP contribution in [0.3, 0.4) is 0 Å². The summed E-state index contributed by atoms with van der Waals surface area (Å²) in [6, 6.07) is 0. The van der Waals surface area contributed by atoms with Crippen molar-refractivity contribution in [1.29, 1.82) is 0 Å². The Morgan fingerprint density at radius 1 is 0.553 bits per heavy atom. The van der Waals surface area contributed by atoms with Gasteiger partial charge in [-0.3, -0.25) is 9.59 Å². The van der Waals surface area contributed by atoms with Crippen molar-refractivity contribution in [2.45, 2.75) is 188 Å². The number of nitrogens with one attached hydrogen (secondary N) is 1. The Balaban J connectivity index is 3.78. The fourth-order valence-corrected chi connectivity index (χ4v) is 6.22. The predicted molar refractivity (Wildman–Crippen MR) is 199 cm³/mol. The SMILES string of the molecule is CCCCCCCCCCOC(=O)CCCN(CCO)CCCNCCCCCCOC(=O)CC(CCCCCC)CCCCCC. The van der Waals surface area contributed by atoms with Gasteiger partial charge in [-0.1, -0.05) is 130 Å². The molecule has 0 rings (SSSR count). The van der Waals surface area contributed by atoms with Crippen molar-refractivity contribution in [3.8, 4) is 0 Å². The average molecular weight is 669 g/mol. The highest BCUT2D eigenvalue weighted by Crippen LogP contribution is 2.22. The van der Waals surface area contributed by atoms with Crippen LogP contribution >= 0.6 is 0 Å². The Morgan fingerprint density at radius 2 is 1.02 bits per heavy atom. The van der Waals surface area contributed by atoms with E-state index in [0.29, 0.717) is 38.5 Å². The Bertz CT molecular complexity index is 651. The number of hydrogen-bond acceptors (Lipinski definition) is 7. The molecule has 0 atom stereocenters. The summed E-state index contributed by atoms with van der Waals surface area (Å²) in [5.74, 6) is 0.412. The summed E-state index contributed by atoms with van der Waals surface area (Å²) < 4.78 is 11.0. The van der Waals surface area contributed by atoms with Crippen LogP contribution in [0.4, 0.5) is 0 Å². The smallest absolute Gasteiger partial charge is 0.306 e. The van der Waals surface area contributed by atoms with Crippen LogP contribution in [-0.2, 0) is 19.1 Å². The number of nitrogens with zero attached hydrogens (tertiary/aromatic N) is 1. The summed E-state index contributed by atoms with van der Waals surface area (Å²) in [7, 11) is 0. The topological polar surface area (TPSA) is 88.1 Å². The normalized spacial score (nSPS) is 11.5. The van der Waals surface area contributed by atoms with Gasteiger partial charge in [0.1, 0.15) is 0 Å². The molecular formula is C40H80N2O5. The number of aliphatic hydroxyl groups excluding tert-OH is 1. The van der Waals surface area contributed by atoms with E-state index in [4.69, 9.17) is 9.47 Å². The second-order valence-electron chi connectivity index (χ2n) is 13.9. The molecule has 0 radical (unpaired) electrons. The van der Waals surface area contributed by atoms with Crippen LogP contribution in [0.15, 0.2) is 0 Å². The third-order valence-corrected chi connectivity index (χ3v) is 9.26. The molecule has 7 heteroatoms. The zero-order valence-electron chi connectivity index (χ0n) is 31.6. The first-order valence-corrected chi connectivity index (χ1v) is 20.4. The molecule has 0 fully saturated rings. The number of ether oxygens (including phenoxy) is 2. The Labute approximate surface area is 292 Å². The van der Waals surface area contributed by atoms with Gasteiger partial charge in [0.2, 0.25) is 0 Å². The maximum absolute atomic E-state index is 12.5. The first-order chi connectivity index (χ1) is 23.1. The van der Waals surface area contributed by atoms with Crippen molar-refractivity contribution in [1.82, 2.24) is 10.2 Å². The Kier molecular flexibility index (Phi) is 36.7. The summed E-state index contributed by atoms with van der Waals surface area (Å²) in [5, 5.41) is 13.0. The van der Waals surface area contributed by atoms with Gasteiger partial charge in [0.15, 0.2) is 0 Å². The van der Waals surface area contributed by atoms with E-state index in [9.17, 15) is 14.7 Å². The van der Waals surface area contributed by atoms with Crippen molar-refractivity contribution in [3.05, 3.63) is 0 Å². The highest BCUT2D eigenvalue weighted by Gasteiger charge is 2.15. The molecule has 0 saturated carbocycles. The fraction of sp³-hybridized carbons (Fsp3) is 0.950. The second kappa shape index (κ2) is 37.6. The van der Waals surface area contributed by atoms with Gasteiger partial charge in [0.05, 0.1) is 19.8 Å². The molecule has 0 aliphatic rings. The predicted octanol–water partition coefficient (Wildman–Crippen LogP) is 9.78. The van der Waals surface area contributed by atoms with Crippen LogP contribution in [0.1, 0.15) is 188 Å². The van der Waals surface area contributed by atoms with Gasteiger partial charge in [0, 0.05) is 19.4 Å². The van der Waals surface area contributed by atoms with Crippen LogP contribution < -0.4 is 5.32 Å². The Hall–Kier alpha value is -1.18. The van der Waals surface area contributed by atoms with E-state index in [1.54, 1.807) is 0 Å². The molecule has 0 saturated heterocycles. The first-order valence-electron chi connectivity index (χ1n) is 20.4. The maximum Gasteiger partial charge on any atom is 0.306 e. The van der Waals surface area contributed by atoms with E-state index in [2.05, 4.69) is 31.0 Å². The monoisotopic (exact) mass is 669 g/mol.